The van der Waals surface area contributed by atoms with Gasteiger partial charge in [0.2, 0.25) is 5.91 Å². The number of nitrogens with one attached hydrogen (secondary N) is 1. The quantitative estimate of drug-likeness (QED) is 0.288. The molecule has 170 valence electrons. The Morgan fingerprint density at radius 1 is 1.15 bits per heavy atom. The number of esters is 1. The lowest BCUT2D eigenvalue weighted by Gasteiger charge is -2.49. The van der Waals surface area contributed by atoms with Crippen molar-refractivity contribution in [2.45, 2.75) is 31.4 Å². The van der Waals surface area contributed by atoms with E-state index >= 15 is 0 Å². The van der Waals surface area contributed by atoms with E-state index < -0.39 is 16.9 Å². The smallest absolute Gasteiger partial charge is 0.355 e. The zero-order valence-electron chi connectivity index (χ0n) is 17.7. The number of hydrogen-bond donors (Lipinski definition) is 1. The summed E-state index contributed by atoms with van der Waals surface area (Å²) < 4.78 is 5.38. The van der Waals surface area contributed by atoms with E-state index in [0.717, 1.165) is 5.56 Å². The number of nitro benzene ring substituents is 1. The van der Waals surface area contributed by atoms with Gasteiger partial charge in [-0.2, -0.15) is 0 Å². The Bertz CT molecular complexity index is 1130. The number of non-ortho nitro benzene ring substituents is 1. The third kappa shape index (κ3) is 4.75. The van der Waals surface area contributed by atoms with Gasteiger partial charge in [0.05, 0.1) is 11.3 Å². The molecule has 2 aliphatic heterocycles. The van der Waals surface area contributed by atoms with Gasteiger partial charge in [0.15, 0.2) is 0 Å². The van der Waals surface area contributed by atoms with Crippen molar-refractivity contribution in [3.05, 3.63) is 87.1 Å². The van der Waals surface area contributed by atoms with Gasteiger partial charge in [-0.05, 0) is 35.8 Å². The van der Waals surface area contributed by atoms with Crippen LogP contribution in [0.3, 0.4) is 0 Å². The number of β-lactam (4-membered cyclic amide) rings is 1. The normalized spacial score (nSPS) is 19.4. The molecule has 0 bridgehead atoms. The summed E-state index contributed by atoms with van der Waals surface area (Å²) in [7, 11) is 0. The summed E-state index contributed by atoms with van der Waals surface area (Å²) in [5.41, 5.74) is 2.30. The number of amides is 2. The lowest BCUT2D eigenvalue weighted by Crippen LogP contribution is -2.70. The molecule has 0 aromatic heterocycles. The molecule has 2 atom stereocenters. The minimum Gasteiger partial charge on any atom is -0.456 e. The van der Waals surface area contributed by atoms with Gasteiger partial charge in [-0.15, -0.1) is 11.8 Å². The van der Waals surface area contributed by atoms with Crippen LogP contribution in [0, 0.1) is 10.1 Å². The van der Waals surface area contributed by atoms with E-state index in [4.69, 9.17) is 4.74 Å². The highest BCUT2D eigenvalue weighted by atomic mass is 32.2. The largest absolute Gasteiger partial charge is 0.456 e. The lowest BCUT2D eigenvalue weighted by atomic mass is 10.0. The summed E-state index contributed by atoms with van der Waals surface area (Å²) in [5, 5.41) is 13.2. The van der Waals surface area contributed by atoms with Crippen LogP contribution in [0.4, 0.5) is 5.69 Å². The lowest BCUT2D eigenvalue weighted by molar-refractivity contribution is -0.384. The fourth-order valence-electron chi connectivity index (χ4n) is 3.70. The summed E-state index contributed by atoms with van der Waals surface area (Å²) in [4.78, 5) is 49.6. The fraction of sp³-hybridized carbons (Fsp3) is 0.261. The van der Waals surface area contributed by atoms with E-state index in [1.54, 1.807) is 6.92 Å². The maximum atomic E-state index is 12.8. The topological polar surface area (TPSA) is 119 Å². The van der Waals surface area contributed by atoms with Gasteiger partial charge in [-0.1, -0.05) is 30.3 Å². The van der Waals surface area contributed by atoms with Crippen LogP contribution < -0.4 is 5.32 Å². The van der Waals surface area contributed by atoms with Crippen molar-refractivity contribution in [1.82, 2.24) is 10.2 Å². The molecule has 9 nitrogen and oxygen atoms in total. The van der Waals surface area contributed by atoms with Crippen LogP contribution in [-0.4, -0.2) is 44.8 Å². The first-order valence-corrected chi connectivity index (χ1v) is 11.3. The van der Waals surface area contributed by atoms with E-state index in [0.29, 0.717) is 16.9 Å². The monoisotopic (exact) mass is 467 g/mol. The molecule has 33 heavy (non-hydrogen) atoms. The molecule has 1 N–H and O–H groups in total. The van der Waals surface area contributed by atoms with Gasteiger partial charge >= 0.3 is 5.97 Å². The van der Waals surface area contributed by atoms with Crippen molar-refractivity contribution < 1.29 is 24.0 Å². The van der Waals surface area contributed by atoms with E-state index in [1.165, 1.54) is 40.9 Å². The standard InChI is InChI=1S/C23H21N3O6S/c1-14-13-33-22-19(24-18(27)11-15-5-3-2-4-6-15)21(28)25(22)20(14)23(29)32-12-16-7-9-17(10-8-16)26(30)31/h2-10,19,22H,11-13H2,1H3,(H,24,27)/t19?,22-/m1/s1. The third-order valence-electron chi connectivity index (χ3n) is 5.39. The highest BCUT2D eigenvalue weighted by Crippen LogP contribution is 2.40. The van der Waals surface area contributed by atoms with E-state index in [2.05, 4.69) is 5.32 Å². The fourth-order valence-corrected chi connectivity index (χ4v) is 4.99. The third-order valence-corrected chi connectivity index (χ3v) is 6.82. The van der Waals surface area contributed by atoms with Crippen molar-refractivity contribution in [1.29, 1.82) is 0 Å². The van der Waals surface area contributed by atoms with Crippen LogP contribution >= 0.6 is 11.8 Å². The Morgan fingerprint density at radius 2 is 1.85 bits per heavy atom. The summed E-state index contributed by atoms with van der Waals surface area (Å²) in [6, 6.07) is 14.2. The molecule has 1 saturated heterocycles. The Kier molecular flexibility index (Phi) is 6.45. The molecule has 2 aromatic carbocycles. The highest BCUT2D eigenvalue weighted by Gasteiger charge is 2.53. The van der Waals surface area contributed by atoms with E-state index in [1.807, 2.05) is 30.3 Å². The predicted octanol–water partition coefficient (Wildman–Crippen LogP) is 2.55. The molecule has 0 saturated carbocycles. The van der Waals surface area contributed by atoms with E-state index in [-0.39, 0.29) is 41.6 Å². The first-order valence-electron chi connectivity index (χ1n) is 10.2. The van der Waals surface area contributed by atoms with Crippen LogP contribution in [0.1, 0.15) is 18.1 Å². The molecular formula is C23H21N3O6S. The second kappa shape index (κ2) is 9.45. The Morgan fingerprint density at radius 3 is 2.52 bits per heavy atom. The molecule has 2 aromatic rings. The maximum absolute atomic E-state index is 12.8. The van der Waals surface area contributed by atoms with Crippen molar-refractivity contribution in [3.63, 3.8) is 0 Å². The number of ether oxygens (including phenoxy) is 1. The Hall–Kier alpha value is -3.66. The molecular weight excluding hydrogens is 446 g/mol. The highest BCUT2D eigenvalue weighted by molar-refractivity contribution is 8.00. The molecule has 2 aliphatic rings. The number of benzene rings is 2. The predicted molar refractivity (Wildman–Crippen MR) is 121 cm³/mol. The van der Waals surface area contributed by atoms with Crippen molar-refractivity contribution in [3.8, 4) is 0 Å². The number of nitro groups is 1. The number of rotatable bonds is 7. The van der Waals surface area contributed by atoms with Crippen molar-refractivity contribution in [2.75, 3.05) is 5.75 Å². The Labute approximate surface area is 193 Å². The Balaban J connectivity index is 1.37. The van der Waals surface area contributed by atoms with Crippen molar-refractivity contribution in [2.24, 2.45) is 0 Å². The molecule has 10 heteroatoms. The van der Waals surface area contributed by atoms with Crippen LogP contribution in [0.2, 0.25) is 0 Å². The molecule has 2 heterocycles. The average Bonchev–Trinajstić information content (AvgIpc) is 2.81. The van der Waals surface area contributed by atoms with Gasteiger partial charge in [-0.3, -0.25) is 24.6 Å². The second-order valence-electron chi connectivity index (χ2n) is 7.75. The molecule has 1 unspecified atom stereocenters. The van der Waals surface area contributed by atoms with Crippen LogP contribution in [0.15, 0.2) is 65.9 Å². The minimum absolute atomic E-state index is 0.0534. The molecule has 2 amide bonds. The van der Waals surface area contributed by atoms with Gasteiger partial charge in [0.1, 0.15) is 23.7 Å². The van der Waals surface area contributed by atoms with Gasteiger partial charge in [0, 0.05) is 17.9 Å². The maximum Gasteiger partial charge on any atom is 0.355 e. The summed E-state index contributed by atoms with van der Waals surface area (Å²) in [6.07, 6.45) is 0.168. The first-order chi connectivity index (χ1) is 15.8. The van der Waals surface area contributed by atoms with Crippen LogP contribution in [0.25, 0.3) is 0 Å². The average molecular weight is 468 g/mol. The number of fused-ring (bicyclic) bond motifs is 1. The summed E-state index contributed by atoms with van der Waals surface area (Å²) in [5.74, 6) is -0.719. The van der Waals surface area contributed by atoms with Gasteiger partial charge < -0.3 is 10.1 Å². The number of nitrogens with zero attached hydrogens (tertiary/aromatic N) is 2. The molecule has 0 spiro atoms. The van der Waals surface area contributed by atoms with Crippen molar-refractivity contribution >= 4 is 35.2 Å². The molecule has 1 fully saturated rings. The number of carbonyl (C=O) groups is 3. The van der Waals surface area contributed by atoms with Gasteiger partial charge in [0.25, 0.3) is 11.6 Å². The van der Waals surface area contributed by atoms with Gasteiger partial charge in [-0.25, -0.2) is 4.79 Å². The van der Waals surface area contributed by atoms with Crippen LogP contribution in [0.5, 0.6) is 0 Å². The van der Waals surface area contributed by atoms with E-state index in [9.17, 15) is 24.5 Å². The number of thioether (sulfide) groups is 1. The second-order valence-corrected chi connectivity index (χ2v) is 8.85. The molecule has 0 aliphatic carbocycles. The summed E-state index contributed by atoms with van der Waals surface area (Å²) in [6.45, 7) is 1.69. The zero-order chi connectivity index (χ0) is 23.5. The minimum atomic E-state index is -0.697. The molecule has 0 radical (unpaired) electrons. The van der Waals surface area contributed by atoms with Crippen LogP contribution in [-0.2, 0) is 32.1 Å². The number of hydrogen-bond acceptors (Lipinski definition) is 7. The number of carbonyl (C=O) groups excluding carboxylic acids is 3. The SMILES string of the molecule is CC1=C(C(=O)OCc2ccc([N+](=O)[O-])cc2)N2C(=O)C(NC(=O)Cc3ccccc3)[C@H]2SC1. The molecule has 4 rings (SSSR count). The zero-order valence-corrected chi connectivity index (χ0v) is 18.5. The first kappa shape index (κ1) is 22.5. The summed E-state index contributed by atoms with van der Waals surface area (Å²) >= 11 is 1.48.